The first-order chi connectivity index (χ1) is 6.84. The lowest BCUT2D eigenvalue weighted by atomic mass is 10.4. The third-order valence-corrected chi connectivity index (χ3v) is 3.09. The van der Waals surface area contributed by atoms with Crippen molar-refractivity contribution in [1.29, 1.82) is 0 Å². The summed E-state index contributed by atoms with van der Waals surface area (Å²) < 4.78 is 5.25. The monoisotopic (exact) mass is 208 g/mol. The van der Waals surface area contributed by atoms with Gasteiger partial charge in [0.1, 0.15) is 13.1 Å². The Hall–Kier alpha value is -1.06. The van der Waals surface area contributed by atoms with E-state index in [1.165, 1.54) is 9.75 Å². The van der Waals surface area contributed by atoms with Crippen molar-refractivity contribution >= 4 is 11.3 Å². The summed E-state index contributed by atoms with van der Waals surface area (Å²) in [5.74, 6) is 1.04. The van der Waals surface area contributed by atoms with E-state index in [0.29, 0.717) is 0 Å². The Morgan fingerprint density at radius 3 is 2.86 bits per heavy atom. The van der Waals surface area contributed by atoms with Gasteiger partial charge in [-0.3, -0.25) is 0 Å². The summed E-state index contributed by atoms with van der Waals surface area (Å²) in [7, 11) is 0. The molecular formula is C11H14NOS+. The molecule has 0 unspecified atom stereocenters. The normalized spacial score (nSPS) is 10.6. The smallest absolute Gasteiger partial charge is 0.157 e. The van der Waals surface area contributed by atoms with Crippen LogP contribution in [0.4, 0.5) is 0 Å². The van der Waals surface area contributed by atoms with E-state index in [9.17, 15) is 0 Å². The summed E-state index contributed by atoms with van der Waals surface area (Å²) in [5.41, 5.74) is 0. The quantitative estimate of drug-likeness (QED) is 0.817. The van der Waals surface area contributed by atoms with Gasteiger partial charge in [-0.15, -0.1) is 11.3 Å². The molecule has 2 N–H and O–H groups in total. The van der Waals surface area contributed by atoms with E-state index >= 15 is 0 Å². The number of quaternary nitrogens is 1. The Morgan fingerprint density at radius 1 is 1.29 bits per heavy atom. The van der Waals surface area contributed by atoms with Crippen LogP contribution >= 0.6 is 11.3 Å². The van der Waals surface area contributed by atoms with Gasteiger partial charge in [0.05, 0.1) is 11.1 Å². The third-order valence-electron chi connectivity index (χ3n) is 2.07. The number of aryl methyl sites for hydroxylation is 1. The highest BCUT2D eigenvalue weighted by molar-refractivity contribution is 7.11. The maximum absolute atomic E-state index is 5.25. The predicted molar refractivity (Wildman–Crippen MR) is 57.1 cm³/mol. The lowest BCUT2D eigenvalue weighted by molar-refractivity contribution is -0.687. The molecule has 0 bridgehead atoms. The van der Waals surface area contributed by atoms with Crippen LogP contribution in [0.2, 0.25) is 0 Å². The van der Waals surface area contributed by atoms with Gasteiger partial charge >= 0.3 is 0 Å². The Morgan fingerprint density at radius 2 is 2.21 bits per heavy atom. The van der Waals surface area contributed by atoms with Gasteiger partial charge < -0.3 is 9.73 Å². The van der Waals surface area contributed by atoms with E-state index in [4.69, 9.17) is 4.42 Å². The zero-order valence-electron chi connectivity index (χ0n) is 8.19. The van der Waals surface area contributed by atoms with Gasteiger partial charge in [0.15, 0.2) is 5.76 Å². The van der Waals surface area contributed by atoms with E-state index in [-0.39, 0.29) is 0 Å². The number of nitrogens with two attached hydrogens (primary N) is 1. The SMILES string of the molecule is Cc1ccc(C[NH2+]Cc2ccco2)s1. The Balaban J connectivity index is 1.78. The fraction of sp³-hybridized carbons (Fsp3) is 0.273. The molecule has 0 aliphatic carbocycles. The van der Waals surface area contributed by atoms with Crippen molar-refractivity contribution in [2.24, 2.45) is 0 Å². The highest BCUT2D eigenvalue weighted by Crippen LogP contribution is 2.13. The third kappa shape index (κ3) is 2.47. The largest absolute Gasteiger partial charge is 0.463 e. The minimum atomic E-state index is 0.921. The highest BCUT2D eigenvalue weighted by Gasteiger charge is 2.00. The standard InChI is InChI=1S/C11H13NOS/c1-9-4-5-11(14-9)8-12-7-10-3-2-6-13-10/h2-6,12H,7-8H2,1H3/p+1. The second-order valence-corrected chi connectivity index (χ2v) is 4.66. The number of rotatable bonds is 4. The van der Waals surface area contributed by atoms with Crippen molar-refractivity contribution in [3.63, 3.8) is 0 Å². The number of thiophene rings is 1. The molecule has 2 nitrogen and oxygen atoms in total. The average Bonchev–Trinajstić information content (AvgIpc) is 2.77. The number of hydrogen-bond acceptors (Lipinski definition) is 2. The fourth-order valence-corrected chi connectivity index (χ4v) is 2.27. The summed E-state index contributed by atoms with van der Waals surface area (Å²) in [6.45, 7) is 4.10. The van der Waals surface area contributed by atoms with Crippen LogP contribution in [0.15, 0.2) is 34.9 Å². The molecular weight excluding hydrogens is 194 g/mol. The van der Waals surface area contributed by atoms with Gasteiger partial charge in [-0.05, 0) is 31.2 Å². The first-order valence-electron chi connectivity index (χ1n) is 4.74. The molecule has 0 aliphatic heterocycles. The topological polar surface area (TPSA) is 29.8 Å². The van der Waals surface area contributed by atoms with Crippen LogP contribution in [0.1, 0.15) is 15.5 Å². The highest BCUT2D eigenvalue weighted by atomic mass is 32.1. The van der Waals surface area contributed by atoms with Gasteiger partial charge in [0, 0.05) is 4.88 Å². The van der Waals surface area contributed by atoms with Crippen LogP contribution < -0.4 is 5.32 Å². The van der Waals surface area contributed by atoms with Gasteiger partial charge in [-0.2, -0.15) is 0 Å². The van der Waals surface area contributed by atoms with E-state index in [1.807, 2.05) is 23.5 Å². The Labute approximate surface area is 87.6 Å². The van der Waals surface area contributed by atoms with Crippen LogP contribution in [0.5, 0.6) is 0 Å². The van der Waals surface area contributed by atoms with Crippen LogP contribution in [0.3, 0.4) is 0 Å². The summed E-state index contributed by atoms with van der Waals surface area (Å²) in [6, 6.07) is 8.30. The van der Waals surface area contributed by atoms with Crippen molar-refractivity contribution in [3.05, 3.63) is 46.0 Å². The lowest BCUT2D eigenvalue weighted by Crippen LogP contribution is -2.80. The maximum atomic E-state index is 5.25. The summed E-state index contributed by atoms with van der Waals surface area (Å²) >= 11 is 1.86. The number of furan rings is 1. The zero-order valence-corrected chi connectivity index (χ0v) is 9.01. The molecule has 2 heterocycles. The summed E-state index contributed by atoms with van der Waals surface area (Å²) in [5, 5.41) is 2.25. The average molecular weight is 208 g/mol. The second-order valence-electron chi connectivity index (χ2n) is 3.29. The van der Waals surface area contributed by atoms with Crippen LogP contribution in [-0.2, 0) is 13.1 Å². The van der Waals surface area contributed by atoms with Gasteiger partial charge in [0.2, 0.25) is 0 Å². The van der Waals surface area contributed by atoms with Crippen molar-refractivity contribution in [2.75, 3.05) is 0 Å². The maximum Gasteiger partial charge on any atom is 0.157 e. The van der Waals surface area contributed by atoms with Crippen molar-refractivity contribution < 1.29 is 9.73 Å². The van der Waals surface area contributed by atoms with Gasteiger partial charge in [-0.25, -0.2) is 0 Å². The minimum Gasteiger partial charge on any atom is -0.463 e. The summed E-state index contributed by atoms with van der Waals surface area (Å²) in [4.78, 5) is 2.81. The molecule has 0 amide bonds. The molecule has 0 saturated carbocycles. The molecule has 3 heteroatoms. The summed E-state index contributed by atoms with van der Waals surface area (Å²) in [6.07, 6.45) is 1.72. The van der Waals surface area contributed by atoms with Crippen molar-refractivity contribution in [1.82, 2.24) is 0 Å². The van der Waals surface area contributed by atoms with E-state index in [0.717, 1.165) is 18.8 Å². The molecule has 2 aromatic rings. The van der Waals surface area contributed by atoms with Gasteiger partial charge in [0.25, 0.3) is 0 Å². The molecule has 0 radical (unpaired) electrons. The fourth-order valence-electron chi connectivity index (χ4n) is 1.38. The molecule has 0 fully saturated rings. The molecule has 0 atom stereocenters. The molecule has 0 aromatic carbocycles. The molecule has 0 aliphatic rings. The first kappa shape index (κ1) is 9.49. The molecule has 74 valence electrons. The van der Waals surface area contributed by atoms with Crippen LogP contribution in [0.25, 0.3) is 0 Å². The van der Waals surface area contributed by atoms with E-state index in [1.54, 1.807) is 6.26 Å². The van der Waals surface area contributed by atoms with E-state index < -0.39 is 0 Å². The number of hydrogen-bond donors (Lipinski definition) is 1. The zero-order chi connectivity index (χ0) is 9.80. The molecule has 0 spiro atoms. The second kappa shape index (κ2) is 4.44. The molecule has 2 aromatic heterocycles. The molecule has 2 rings (SSSR count). The van der Waals surface area contributed by atoms with Crippen LogP contribution in [0, 0.1) is 6.92 Å². The van der Waals surface area contributed by atoms with Crippen LogP contribution in [-0.4, -0.2) is 0 Å². The molecule has 0 saturated heterocycles. The van der Waals surface area contributed by atoms with Gasteiger partial charge in [-0.1, -0.05) is 0 Å². The van der Waals surface area contributed by atoms with E-state index in [2.05, 4.69) is 24.4 Å². The predicted octanol–water partition coefficient (Wildman–Crippen LogP) is 1.91. The molecule has 14 heavy (non-hydrogen) atoms. The van der Waals surface area contributed by atoms with Crippen molar-refractivity contribution in [3.8, 4) is 0 Å². The first-order valence-corrected chi connectivity index (χ1v) is 5.55. The lowest BCUT2D eigenvalue weighted by Gasteiger charge is -1.96. The minimum absolute atomic E-state index is 0.921. The Bertz CT molecular complexity index is 378. The Kier molecular flexibility index (Phi) is 3.01. The van der Waals surface area contributed by atoms with Crippen molar-refractivity contribution in [2.45, 2.75) is 20.0 Å².